The van der Waals surface area contributed by atoms with E-state index in [-0.39, 0.29) is 12.3 Å². The number of rotatable bonds is 13. The van der Waals surface area contributed by atoms with Gasteiger partial charge in [-0.15, -0.1) is 0 Å². The van der Waals surface area contributed by atoms with E-state index in [0.29, 0.717) is 0 Å². The van der Waals surface area contributed by atoms with E-state index in [2.05, 4.69) is 16.0 Å². The molecule has 0 aliphatic rings. The van der Waals surface area contributed by atoms with Crippen molar-refractivity contribution in [3.05, 3.63) is 0 Å². The maximum Gasteiger partial charge on any atom is 0.328 e. The van der Waals surface area contributed by atoms with Crippen LogP contribution in [0.15, 0.2) is 0 Å². The number of amides is 4. The lowest BCUT2D eigenvalue weighted by molar-refractivity contribution is -0.143. The van der Waals surface area contributed by atoms with Gasteiger partial charge in [-0.3, -0.25) is 19.2 Å². The fraction of sp³-hybridized carbons (Fsp3) is 0.688. The van der Waals surface area contributed by atoms with Gasteiger partial charge in [0, 0.05) is 0 Å². The number of aliphatic carboxylic acids is 1. The third-order valence-corrected chi connectivity index (χ3v) is 3.71. The van der Waals surface area contributed by atoms with Gasteiger partial charge in [0.25, 0.3) is 0 Å². The molecule has 0 aliphatic heterocycles. The average Bonchev–Trinajstić information content (AvgIpc) is 2.61. The summed E-state index contributed by atoms with van der Waals surface area (Å²) in [6.45, 7) is 1.82. The van der Waals surface area contributed by atoms with Crippen LogP contribution < -0.4 is 27.4 Å². The average molecular weight is 419 g/mol. The lowest BCUT2D eigenvalue weighted by atomic mass is 10.0. The van der Waals surface area contributed by atoms with Crippen LogP contribution in [0.2, 0.25) is 0 Å². The molecule has 0 aromatic rings. The number of carbonyl (C=O) groups is 5. The summed E-state index contributed by atoms with van der Waals surface area (Å²) in [7, 11) is 0. The van der Waals surface area contributed by atoms with Crippen molar-refractivity contribution >= 4 is 29.6 Å². The molecule has 0 aliphatic carbocycles. The third-order valence-electron chi connectivity index (χ3n) is 3.71. The molecule has 0 aromatic heterocycles. The van der Waals surface area contributed by atoms with Crippen LogP contribution in [-0.2, 0) is 24.0 Å². The predicted octanol–water partition coefficient (Wildman–Crippen LogP) is -4.24. The predicted molar refractivity (Wildman–Crippen MR) is 98.8 cm³/mol. The number of nitrogens with two attached hydrogens (primary N) is 2. The van der Waals surface area contributed by atoms with Crippen molar-refractivity contribution in [2.75, 3.05) is 13.2 Å². The smallest absolute Gasteiger partial charge is 0.328 e. The van der Waals surface area contributed by atoms with E-state index in [1.54, 1.807) is 13.8 Å². The number of carboxylic acid groups (broad SMARTS) is 1. The normalized spacial score (nSPS) is 15.0. The number of nitrogens with one attached hydrogen (secondary N) is 3. The Kier molecular flexibility index (Phi) is 11.4. The van der Waals surface area contributed by atoms with Gasteiger partial charge in [-0.05, 0) is 12.3 Å². The first-order valence-electron chi connectivity index (χ1n) is 8.82. The Hall–Kier alpha value is -2.77. The zero-order valence-electron chi connectivity index (χ0n) is 16.3. The molecule has 0 aromatic carbocycles. The largest absolute Gasteiger partial charge is 0.480 e. The number of aliphatic hydroxyl groups excluding tert-OH is 2. The van der Waals surface area contributed by atoms with Gasteiger partial charge in [-0.2, -0.15) is 0 Å². The number of carbonyl (C=O) groups excluding carboxylic acids is 4. The van der Waals surface area contributed by atoms with Crippen molar-refractivity contribution in [1.29, 1.82) is 0 Å². The van der Waals surface area contributed by atoms with Crippen LogP contribution in [0.25, 0.3) is 0 Å². The van der Waals surface area contributed by atoms with E-state index in [0.717, 1.165) is 0 Å². The number of aliphatic hydroxyl groups is 2. The van der Waals surface area contributed by atoms with Gasteiger partial charge in [0.2, 0.25) is 23.6 Å². The number of hydrogen-bond acceptors (Lipinski definition) is 8. The first-order chi connectivity index (χ1) is 13.4. The minimum absolute atomic E-state index is 0.0883. The topological polar surface area (TPSA) is 234 Å². The Labute approximate surface area is 167 Å². The summed E-state index contributed by atoms with van der Waals surface area (Å²) < 4.78 is 0. The fourth-order valence-electron chi connectivity index (χ4n) is 2.22. The summed E-state index contributed by atoms with van der Waals surface area (Å²) in [5.41, 5.74) is 10.4. The van der Waals surface area contributed by atoms with E-state index in [9.17, 15) is 29.1 Å². The van der Waals surface area contributed by atoms with Crippen LogP contribution in [0.4, 0.5) is 0 Å². The third kappa shape index (κ3) is 9.82. The zero-order valence-corrected chi connectivity index (χ0v) is 16.3. The molecule has 13 heteroatoms. The van der Waals surface area contributed by atoms with E-state index in [4.69, 9.17) is 21.7 Å². The SMILES string of the molecule is CC(C)CC(NC(=O)C(CO)NC(=O)C(N)CC(N)=O)C(=O)NC(CO)C(=O)O. The molecule has 0 saturated heterocycles. The minimum Gasteiger partial charge on any atom is -0.480 e. The second-order valence-corrected chi connectivity index (χ2v) is 6.79. The van der Waals surface area contributed by atoms with Crippen molar-refractivity contribution in [1.82, 2.24) is 16.0 Å². The molecule has 0 fully saturated rings. The van der Waals surface area contributed by atoms with Crippen LogP contribution in [0.1, 0.15) is 26.7 Å². The first kappa shape index (κ1) is 26.2. The maximum absolute atomic E-state index is 12.4. The summed E-state index contributed by atoms with van der Waals surface area (Å²) in [5.74, 6) is -5.07. The highest BCUT2D eigenvalue weighted by molar-refractivity contribution is 5.95. The molecular weight excluding hydrogens is 390 g/mol. The standard InChI is InChI=1S/C16H29N5O8/c1-7(2)3-9(14(26)21-11(6-23)16(28)29)19-15(27)10(5-22)20-13(25)8(17)4-12(18)24/h7-11,22-23H,3-6,17H2,1-2H3,(H2,18,24)(H,19,27)(H,20,25)(H,21,26)(H,28,29). The zero-order chi connectivity index (χ0) is 22.7. The van der Waals surface area contributed by atoms with E-state index < -0.39 is 73.4 Å². The highest BCUT2D eigenvalue weighted by Gasteiger charge is 2.30. The highest BCUT2D eigenvalue weighted by Crippen LogP contribution is 2.06. The summed E-state index contributed by atoms with van der Waals surface area (Å²) in [6.07, 6.45) is -0.357. The van der Waals surface area contributed by atoms with Crippen molar-refractivity contribution in [2.24, 2.45) is 17.4 Å². The van der Waals surface area contributed by atoms with Crippen LogP contribution in [-0.4, -0.2) is 82.3 Å². The van der Waals surface area contributed by atoms with Crippen LogP contribution in [0.3, 0.4) is 0 Å². The monoisotopic (exact) mass is 419 g/mol. The molecule has 4 unspecified atom stereocenters. The van der Waals surface area contributed by atoms with Crippen molar-refractivity contribution in [3.8, 4) is 0 Å². The molecule has 4 amide bonds. The second kappa shape index (κ2) is 12.6. The molecule has 166 valence electrons. The molecule has 0 rings (SSSR count). The van der Waals surface area contributed by atoms with Gasteiger partial charge < -0.3 is 42.7 Å². The summed E-state index contributed by atoms with van der Waals surface area (Å²) in [6, 6.07) is -5.56. The fourth-order valence-corrected chi connectivity index (χ4v) is 2.22. The van der Waals surface area contributed by atoms with Gasteiger partial charge in [-0.1, -0.05) is 13.8 Å². The Balaban J connectivity index is 5.17. The number of primary amides is 1. The summed E-state index contributed by atoms with van der Waals surface area (Å²) in [4.78, 5) is 58.4. The minimum atomic E-state index is -1.56. The molecule has 4 atom stereocenters. The molecule has 29 heavy (non-hydrogen) atoms. The first-order valence-corrected chi connectivity index (χ1v) is 8.82. The lowest BCUT2D eigenvalue weighted by Gasteiger charge is -2.25. The molecule has 0 spiro atoms. The Bertz CT molecular complexity index is 612. The Morgan fingerprint density at radius 3 is 1.69 bits per heavy atom. The number of carboxylic acids is 1. The molecule has 0 saturated carbocycles. The molecule has 0 bridgehead atoms. The Morgan fingerprint density at radius 2 is 1.28 bits per heavy atom. The highest BCUT2D eigenvalue weighted by atomic mass is 16.4. The lowest BCUT2D eigenvalue weighted by Crippen LogP contribution is -2.58. The van der Waals surface area contributed by atoms with E-state index >= 15 is 0 Å². The number of hydrogen-bond donors (Lipinski definition) is 8. The maximum atomic E-state index is 12.4. The van der Waals surface area contributed by atoms with Gasteiger partial charge in [0.15, 0.2) is 0 Å². The van der Waals surface area contributed by atoms with E-state index in [1.807, 2.05) is 0 Å². The van der Waals surface area contributed by atoms with Crippen molar-refractivity contribution < 1.29 is 39.3 Å². The van der Waals surface area contributed by atoms with Gasteiger partial charge in [-0.25, -0.2) is 4.79 Å². The van der Waals surface area contributed by atoms with Gasteiger partial charge in [0.05, 0.1) is 25.7 Å². The molecule has 10 N–H and O–H groups in total. The molecule has 0 heterocycles. The van der Waals surface area contributed by atoms with Crippen molar-refractivity contribution in [2.45, 2.75) is 50.9 Å². The van der Waals surface area contributed by atoms with Crippen LogP contribution in [0.5, 0.6) is 0 Å². The van der Waals surface area contributed by atoms with Crippen LogP contribution >= 0.6 is 0 Å². The van der Waals surface area contributed by atoms with Crippen molar-refractivity contribution in [3.63, 3.8) is 0 Å². The molecular formula is C16H29N5O8. The summed E-state index contributed by atoms with van der Waals surface area (Å²) in [5, 5.41) is 33.9. The second-order valence-electron chi connectivity index (χ2n) is 6.79. The van der Waals surface area contributed by atoms with E-state index in [1.165, 1.54) is 0 Å². The van der Waals surface area contributed by atoms with Crippen LogP contribution in [0, 0.1) is 5.92 Å². The Morgan fingerprint density at radius 1 is 0.828 bits per heavy atom. The summed E-state index contributed by atoms with van der Waals surface area (Å²) >= 11 is 0. The molecule has 0 radical (unpaired) electrons. The van der Waals surface area contributed by atoms with Gasteiger partial charge in [0.1, 0.15) is 18.1 Å². The quantitative estimate of drug-likeness (QED) is 0.144. The van der Waals surface area contributed by atoms with Gasteiger partial charge >= 0.3 is 5.97 Å². The molecule has 13 nitrogen and oxygen atoms in total.